The van der Waals surface area contributed by atoms with E-state index in [4.69, 9.17) is 0 Å². The van der Waals surface area contributed by atoms with Gasteiger partial charge in [0.15, 0.2) is 0 Å². The molecule has 0 bridgehead atoms. The maximum absolute atomic E-state index is 3.59. The summed E-state index contributed by atoms with van der Waals surface area (Å²) in [6, 6.07) is 19.3. The fourth-order valence-corrected chi connectivity index (χ4v) is 3.24. The lowest BCUT2D eigenvalue weighted by atomic mass is 10.00. The molecule has 0 unspecified atom stereocenters. The fraction of sp³-hybridized carbons (Fsp3) is 0.500. The Balaban J connectivity index is -0.00000210. The lowest BCUT2D eigenvalue weighted by Gasteiger charge is -2.11. The SMILES string of the molecule is Br.Br.Br.Br.CCNCCCNCCCNCCCNCc1ccccc1-c1ccccc1. The van der Waals surface area contributed by atoms with Gasteiger partial charge in [0.05, 0.1) is 0 Å². The summed E-state index contributed by atoms with van der Waals surface area (Å²) in [4.78, 5) is 0. The van der Waals surface area contributed by atoms with Crippen LogP contribution in [-0.4, -0.2) is 45.8 Å². The molecule has 0 heterocycles. The molecule has 4 N–H and O–H groups in total. The van der Waals surface area contributed by atoms with E-state index in [-0.39, 0.29) is 67.9 Å². The number of hydrogen-bond acceptors (Lipinski definition) is 4. The van der Waals surface area contributed by atoms with Gasteiger partial charge >= 0.3 is 0 Å². The molecule has 32 heavy (non-hydrogen) atoms. The highest BCUT2D eigenvalue weighted by Gasteiger charge is 2.03. The first-order chi connectivity index (χ1) is 13.9. The van der Waals surface area contributed by atoms with E-state index in [1.54, 1.807) is 0 Å². The second-order valence-electron chi connectivity index (χ2n) is 7.11. The summed E-state index contributed by atoms with van der Waals surface area (Å²) in [5.41, 5.74) is 3.98. The van der Waals surface area contributed by atoms with Crippen molar-refractivity contribution in [1.82, 2.24) is 21.3 Å². The molecule has 0 amide bonds. The van der Waals surface area contributed by atoms with E-state index in [9.17, 15) is 0 Å². The van der Waals surface area contributed by atoms with Crippen molar-refractivity contribution in [2.45, 2.75) is 32.7 Å². The molecule has 0 aliphatic carbocycles. The van der Waals surface area contributed by atoms with Gasteiger partial charge in [-0.1, -0.05) is 61.5 Å². The quantitative estimate of drug-likeness (QED) is 0.169. The maximum atomic E-state index is 3.59. The van der Waals surface area contributed by atoms with Crippen LogP contribution in [0.25, 0.3) is 11.1 Å². The summed E-state index contributed by atoms with van der Waals surface area (Å²) in [5, 5.41) is 14.0. The minimum absolute atomic E-state index is 0. The Hall–Kier alpha value is 0.200. The first-order valence-corrected chi connectivity index (χ1v) is 10.9. The third-order valence-corrected chi connectivity index (χ3v) is 4.79. The van der Waals surface area contributed by atoms with Crippen molar-refractivity contribution in [2.24, 2.45) is 0 Å². The van der Waals surface area contributed by atoms with Crippen LogP contribution in [0.15, 0.2) is 54.6 Å². The molecule has 8 heteroatoms. The summed E-state index contributed by atoms with van der Waals surface area (Å²) >= 11 is 0. The fourth-order valence-electron chi connectivity index (χ4n) is 3.24. The summed E-state index contributed by atoms with van der Waals surface area (Å²) in [6.45, 7) is 10.7. The molecule has 4 nitrogen and oxygen atoms in total. The van der Waals surface area contributed by atoms with E-state index in [2.05, 4.69) is 82.8 Å². The highest BCUT2D eigenvalue weighted by molar-refractivity contribution is 8.93. The third kappa shape index (κ3) is 16.8. The number of nitrogens with one attached hydrogen (secondary N) is 4. The number of hydrogen-bond donors (Lipinski definition) is 4. The Labute approximate surface area is 237 Å². The molecule has 2 aromatic rings. The molecule has 0 atom stereocenters. The van der Waals surface area contributed by atoms with Gasteiger partial charge in [-0.15, -0.1) is 67.9 Å². The van der Waals surface area contributed by atoms with Crippen molar-refractivity contribution in [3.63, 3.8) is 0 Å². The first kappa shape index (κ1) is 36.8. The van der Waals surface area contributed by atoms with Crippen molar-refractivity contribution in [3.05, 3.63) is 60.2 Å². The molecule has 0 fully saturated rings. The molecule has 0 aliphatic rings. The van der Waals surface area contributed by atoms with Crippen LogP contribution in [0.3, 0.4) is 0 Å². The Morgan fingerprint density at radius 2 is 1.00 bits per heavy atom. The van der Waals surface area contributed by atoms with Crippen LogP contribution >= 0.6 is 67.9 Å². The van der Waals surface area contributed by atoms with Gasteiger partial charge in [0, 0.05) is 6.54 Å². The second-order valence-corrected chi connectivity index (χ2v) is 7.11. The van der Waals surface area contributed by atoms with Crippen LogP contribution < -0.4 is 21.3 Å². The Morgan fingerprint density at radius 3 is 1.56 bits per heavy atom. The maximum Gasteiger partial charge on any atom is 0.0211 e. The molecule has 2 aromatic carbocycles. The lowest BCUT2D eigenvalue weighted by molar-refractivity contribution is 0.554. The summed E-state index contributed by atoms with van der Waals surface area (Å²) in [5.74, 6) is 0. The normalized spacial score (nSPS) is 9.66. The number of rotatable bonds is 16. The smallest absolute Gasteiger partial charge is 0.0211 e. The average Bonchev–Trinajstić information content (AvgIpc) is 2.75. The van der Waals surface area contributed by atoms with E-state index >= 15 is 0 Å². The van der Waals surface area contributed by atoms with Crippen LogP contribution in [0.2, 0.25) is 0 Å². The van der Waals surface area contributed by atoms with Crippen LogP contribution in [0.5, 0.6) is 0 Å². The van der Waals surface area contributed by atoms with Gasteiger partial charge in [0.2, 0.25) is 0 Å². The van der Waals surface area contributed by atoms with E-state index in [1.165, 1.54) is 29.5 Å². The topological polar surface area (TPSA) is 48.1 Å². The van der Waals surface area contributed by atoms with Gasteiger partial charge < -0.3 is 21.3 Å². The molecule has 0 saturated heterocycles. The summed E-state index contributed by atoms with van der Waals surface area (Å²) in [6.07, 6.45) is 3.56. The van der Waals surface area contributed by atoms with Crippen LogP contribution in [0, 0.1) is 0 Å². The third-order valence-electron chi connectivity index (χ3n) is 4.79. The van der Waals surface area contributed by atoms with E-state index in [1.807, 2.05) is 0 Å². The molecular weight excluding hydrogens is 664 g/mol. The Morgan fingerprint density at radius 1 is 0.531 bits per heavy atom. The molecule has 0 aromatic heterocycles. The van der Waals surface area contributed by atoms with Crippen molar-refractivity contribution >= 4 is 67.9 Å². The molecule has 0 radical (unpaired) electrons. The monoisotopic (exact) mass is 702 g/mol. The van der Waals surface area contributed by atoms with Gasteiger partial charge in [-0.2, -0.15) is 0 Å². The highest BCUT2D eigenvalue weighted by Crippen LogP contribution is 2.23. The first-order valence-electron chi connectivity index (χ1n) is 10.9. The van der Waals surface area contributed by atoms with Crippen molar-refractivity contribution in [1.29, 1.82) is 0 Å². The van der Waals surface area contributed by atoms with Crippen molar-refractivity contribution in [3.8, 4) is 11.1 Å². The minimum Gasteiger partial charge on any atom is -0.317 e. The van der Waals surface area contributed by atoms with Gasteiger partial charge in [0.1, 0.15) is 0 Å². The lowest BCUT2D eigenvalue weighted by Crippen LogP contribution is -2.26. The zero-order valence-electron chi connectivity index (χ0n) is 19.1. The van der Waals surface area contributed by atoms with Gasteiger partial charge in [-0.25, -0.2) is 0 Å². The minimum atomic E-state index is 0. The number of halogens is 4. The predicted molar refractivity (Wildman–Crippen MR) is 163 cm³/mol. The molecular formula is C24H42Br4N4. The van der Waals surface area contributed by atoms with Crippen LogP contribution in [-0.2, 0) is 6.54 Å². The molecule has 0 spiro atoms. The van der Waals surface area contributed by atoms with Gasteiger partial charge in [-0.05, 0) is 81.8 Å². The Bertz CT molecular complexity index is 632. The summed E-state index contributed by atoms with van der Waals surface area (Å²) < 4.78 is 0. The van der Waals surface area contributed by atoms with Gasteiger partial charge in [-0.3, -0.25) is 0 Å². The van der Waals surface area contributed by atoms with E-state index in [0.717, 1.165) is 58.8 Å². The number of benzene rings is 2. The van der Waals surface area contributed by atoms with Crippen LogP contribution in [0.1, 0.15) is 31.7 Å². The van der Waals surface area contributed by atoms with E-state index in [0.29, 0.717) is 0 Å². The van der Waals surface area contributed by atoms with Gasteiger partial charge in [0.25, 0.3) is 0 Å². The van der Waals surface area contributed by atoms with Crippen molar-refractivity contribution < 1.29 is 0 Å². The summed E-state index contributed by atoms with van der Waals surface area (Å²) in [7, 11) is 0. The predicted octanol–water partition coefficient (Wildman–Crippen LogP) is 5.71. The second kappa shape index (κ2) is 25.8. The molecule has 0 aliphatic heterocycles. The van der Waals surface area contributed by atoms with Crippen molar-refractivity contribution in [2.75, 3.05) is 45.8 Å². The average molecular weight is 706 g/mol. The van der Waals surface area contributed by atoms with E-state index < -0.39 is 0 Å². The zero-order valence-corrected chi connectivity index (χ0v) is 26.0. The standard InChI is InChI=1S/C24H38N4.4BrH/c1-2-25-15-8-16-26-17-9-18-27-19-10-20-28-21-23-13-6-7-14-24(23)22-11-4-3-5-12-22;;;;/h3-7,11-14,25-28H,2,8-10,15-21H2,1H3;4*1H. The molecule has 186 valence electrons. The Kier molecular flexibility index (Phi) is 29.7. The van der Waals surface area contributed by atoms with Crippen LogP contribution in [0.4, 0.5) is 0 Å². The molecule has 2 rings (SSSR count). The largest absolute Gasteiger partial charge is 0.317 e. The highest BCUT2D eigenvalue weighted by atomic mass is 79.9. The molecule has 0 saturated carbocycles. The zero-order chi connectivity index (χ0) is 19.7.